The van der Waals surface area contributed by atoms with Gasteiger partial charge in [0.1, 0.15) is 10.6 Å². The number of hydrogen-bond acceptors (Lipinski definition) is 5. The van der Waals surface area contributed by atoms with Crippen LogP contribution >= 0.6 is 0 Å². The van der Waals surface area contributed by atoms with Crippen molar-refractivity contribution in [2.75, 3.05) is 20.3 Å². The highest BCUT2D eigenvalue weighted by Gasteiger charge is 2.47. The molecule has 1 heterocycles. The van der Waals surface area contributed by atoms with E-state index >= 15 is 0 Å². The number of aliphatic hydroxyl groups excluding tert-OH is 1. The van der Waals surface area contributed by atoms with E-state index in [1.807, 2.05) is 0 Å². The minimum absolute atomic E-state index is 0.293. The molecular weight excluding hydrogens is 278 g/mol. The Morgan fingerprint density at radius 3 is 2.35 bits per heavy atom. The van der Waals surface area contributed by atoms with E-state index in [0.29, 0.717) is 34.7 Å². The van der Waals surface area contributed by atoms with Gasteiger partial charge in [0.15, 0.2) is 9.84 Å². The van der Waals surface area contributed by atoms with Crippen LogP contribution in [-0.2, 0) is 9.84 Å². The molecule has 0 unspecified atom stereocenters. The summed E-state index contributed by atoms with van der Waals surface area (Å²) in [6.45, 7) is 3.69. The van der Waals surface area contributed by atoms with Crippen LogP contribution in [0.25, 0.3) is 0 Å². The van der Waals surface area contributed by atoms with Crippen molar-refractivity contribution < 1.29 is 18.3 Å². The molecule has 1 fully saturated rings. The lowest BCUT2D eigenvalue weighted by Crippen LogP contribution is -2.50. The molecule has 0 saturated carbocycles. The van der Waals surface area contributed by atoms with Gasteiger partial charge in [0.2, 0.25) is 0 Å². The quantitative estimate of drug-likeness (QED) is 0.872. The number of sulfone groups is 1. The van der Waals surface area contributed by atoms with E-state index in [0.717, 1.165) is 6.42 Å². The highest BCUT2D eigenvalue weighted by molar-refractivity contribution is 7.93. The van der Waals surface area contributed by atoms with E-state index in [1.165, 1.54) is 0 Å². The van der Waals surface area contributed by atoms with Crippen molar-refractivity contribution in [3.05, 3.63) is 23.3 Å². The lowest BCUT2D eigenvalue weighted by Gasteiger charge is -2.28. The predicted molar refractivity (Wildman–Crippen MR) is 76.7 cm³/mol. The minimum Gasteiger partial charge on any atom is -0.497 e. The Kier molecular flexibility index (Phi) is 4.09. The number of ether oxygens (including phenoxy) is 1. The molecule has 1 aromatic carbocycles. The van der Waals surface area contributed by atoms with Crippen LogP contribution in [0.4, 0.5) is 0 Å². The van der Waals surface area contributed by atoms with Gasteiger partial charge >= 0.3 is 0 Å². The van der Waals surface area contributed by atoms with Crippen LogP contribution in [0.15, 0.2) is 17.0 Å². The molecule has 0 aromatic heterocycles. The lowest BCUT2D eigenvalue weighted by molar-refractivity contribution is 0.229. The number of benzene rings is 1. The maximum Gasteiger partial charge on any atom is 0.199 e. The Hall–Kier alpha value is -1.11. The fraction of sp³-hybridized carbons (Fsp3) is 0.571. The maximum absolute atomic E-state index is 13.0. The summed E-state index contributed by atoms with van der Waals surface area (Å²) < 4.78 is 31.1. The Morgan fingerprint density at radius 1 is 1.35 bits per heavy atom. The predicted octanol–water partition coefficient (Wildman–Crippen LogP) is 1.16. The number of hydrogen-bond donors (Lipinski definition) is 2. The van der Waals surface area contributed by atoms with Gasteiger partial charge in [-0.2, -0.15) is 0 Å². The third-order valence-corrected chi connectivity index (χ3v) is 6.60. The molecule has 5 nitrogen and oxygen atoms in total. The van der Waals surface area contributed by atoms with Gasteiger partial charge in [0.05, 0.1) is 18.6 Å². The summed E-state index contributed by atoms with van der Waals surface area (Å²) in [6, 6.07) is 3.42. The molecular formula is C14H21NO4S. The first kappa shape index (κ1) is 15.3. The molecule has 1 saturated heterocycles. The average Bonchev–Trinajstić information content (AvgIpc) is 2.87. The van der Waals surface area contributed by atoms with Crippen molar-refractivity contribution in [3.63, 3.8) is 0 Å². The molecule has 0 spiro atoms. The zero-order valence-electron chi connectivity index (χ0n) is 12.1. The van der Waals surface area contributed by atoms with E-state index in [4.69, 9.17) is 4.74 Å². The van der Waals surface area contributed by atoms with Gasteiger partial charge in [-0.15, -0.1) is 0 Å². The fourth-order valence-corrected chi connectivity index (χ4v) is 5.11. The van der Waals surface area contributed by atoms with E-state index in [2.05, 4.69) is 5.32 Å². The second-order valence-electron chi connectivity index (χ2n) is 5.28. The molecule has 0 radical (unpaired) electrons. The standard InChI is InChI=1S/C14H21NO4S/c1-10-7-12(19-3)8-11(2)13(10)20(17,18)14(9-16)5-4-6-15-14/h7-8,15-16H,4-6,9H2,1-3H3/t14-/m0/s1. The van der Waals surface area contributed by atoms with Gasteiger partial charge in [-0.3, -0.25) is 5.32 Å². The smallest absolute Gasteiger partial charge is 0.199 e. The molecule has 0 aliphatic carbocycles. The average molecular weight is 299 g/mol. The van der Waals surface area contributed by atoms with Crippen LogP contribution < -0.4 is 10.1 Å². The molecule has 2 rings (SSSR count). The van der Waals surface area contributed by atoms with Gasteiger partial charge in [0.25, 0.3) is 0 Å². The summed E-state index contributed by atoms with van der Waals surface area (Å²) in [5.41, 5.74) is 1.28. The van der Waals surface area contributed by atoms with Crippen molar-refractivity contribution in [2.45, 2.75) is 36.5 Å². The first-order valence-corrected chi connectivity index (χ1v) is 8.12. The molecule has 2 N–H and O–H groups in total. The molecule has 20 heavy (non-hydrogen) atoms. The number of nitrogens with one attached hydrogen (secondary N) is 1. The van der Waals surface area contributed by atoms with Crippen molar-refractivity contribution in [1.82, 2.24) is 5.32 Å². The topological polar surface area (TPSA) is 75.6 Å². The molecule has 112 valence electrons. The molecule has 1 aromatic rings. The second-order valence-corrected chi connectivity index (χ2v) is 7.47. The first-order valence-electron chi connectivity index (χ1n) is 6.64. The zero-order valence-corrected chi connectivity index (χ0v) is 12.9. The van der Waals surface area contributed by atoms with Crippen LogP contribution in [0.2, 0.25) is 0 Å². The summed E-state index contributed by atoms with van der Waals surface area (Å²) in [6.07, 6.45) is 1.17. The summed E-state index contributed by atoms with van der Waals surface area (Å²) in [7, 11) is -2.10. The van der Waals surface area contributed by atoms with E-state index in [-0.39, 0.29) is 0 Å². The van der Waals surface area contributed by atoms with Crippen molar-refractivity contribution in [3.8, 4) is 5.75 Å². The van der Waals surface area contributed by atoms with E-state index in [9.17, 15) is 13.5 Å². The Morgan fingerprint density at radius 2 is 1.95 bits per heavy atom. The lowest BCUT2D eigenvalue weighted by atomic mass is 10.1. The van der Waals surface area contributed by atoms with Crippen LogP contribution in [0, 0.1) is 13.8 Å². The van der Waals surface area contributed by atoms with Gasteiger partial charge < -0.3 is 9.84 Å². The number of rotatable bonds is 4. The van der Waals surface area contributed by atoms with Gasteiger partial charge in [-0.1, -0.05) is 0 Å². The SMILES string of the molecule is COc1cc(C)c(S(=O)(=O)[C@]2(CO)CCCN2)c(C)c1. The maximum atomic E-state index is 13.0. The van der Waals surface area contributed by atoms with E-state index < -0.39 is 21.3 Å². The van der Waals surface area contributed by atoms with Crippen LogP contribution in [-0.4, -0.2) is 38.7 Å². The molecule has 0 amide bonds. The summed E-state index contributed by atoms with van der Waals surface area (Å²) in [5.74, 6) is 0.636. The summed E-state index contributed by atoms with van der Waals surface area (Å²) in [5, 5.41) is 12.6. The van der Waals surface area contributed by atoms with Crippen molar-refractivity contribution in [2.24, 2.45) is 0 Å². The van der Waals surface area contributed by atoms with Crippen LogP contribution in [0.5, 0.6) is 5.75 Å². The number of aliphatic hydroxyl groups is 1. The van der Waals surface area contributed by atoms with Gasteiger partial charge in [-0.25, -0.2) is 8.42 Å². The Labute approximate surface area is 119 Å². The Balaban J connectivity index is 2.60. The third-order valence-electron chi connectivity index (χ3n) is 3.91. The Bertz CT molecular complexity index is 581. The number of aryl methyl sites for hydroxylation is 2. The monoisotopic (exact) mass is 299 g/mol. The molecule has 0 bridgehead atoms. The van der Waals surface area contributed by atoms with Crippen molar-refractivity contribution >= 4 is 9.84 Å². The van der Waals surface area contributed by atoms with Crippen LogP contribution in [0.1, 0.15) is 24.0 Å². The van der Waals surface area contributed by atoms with Crippen LogP contribution in [0.3, 0.4) is 0 Å². The fourth-order valence-electron chi connectivity index (χ4n) is 2.88. The molecule has 1 aliphatic heterocycles. The second kappa shape index (κ2) is 5.35. The summed E-state index contributed by atoms with van der Waals surface area (Å²) >= 11 is 0. The third kappa shape index (κ3) is 2.21. The van der Waals surface area contributed by atoms with Gasteiger partial charge in [-0.05, 0) is 56.5 Å². The number of methoxy groups -OCH3 is 1. The van der Waals surface area contributed by atoms with Gasteiger partial charge in [0, 0.05) is 0 Å². The molecule has 1 aliphatic rings. The van der Waals surface area contributed by atoms with Crippen molar-refractivity contribution in [1.29, 1.82) is 0 Å². The molecule has 1 atom stereocenters. The highest BCUT2D eigenvalue weighted by atomic mass is 32.2. The highest BCUT2D eigenvalue weighted by Crippen LogP contribution is 2.35. The largest absolute Gasteiger partial charge is 0.497 e. The normalized spacial score (nSPS) is 23.0. The van der Waals surface area contributed by atoms with E-state index in [1.54, 1.807) is 33.1 Å². The summed E-state index contributed by atoms with van der Waals surface area (Å²) in [4.78, 5) is -0.960. The molecule has 6 heteroatoms. The zero-order chi connectivity index (χ0) is 15.0. The minimum atomic E-state index is -3.65. The first-order chi connectivity index (χ1) is 9.38.